The number of carboxylic acids is 1. The number of rotatable bonds is 4. The summed E-state index contributed by atoms with van der Waals surface area (Å²) in [4.78, 5) is 10.6. The highest BCUT2D eigenvalue weighted by atomic mass is 79.9. The van der Waals surface area contributed by atoms with E-state index in [1.165, 1.54) is 6.07 Å². The lowest BCUT2D eigenvalue weighted by atomic mass is 10.4. The maximum Gasteiger partial charge on any atom is 0.354 e. The Labute approximate surface area is 86.7 Å². The van der Waals surface area contributed by atoms with Crippen molar-refractivity contribution in [2.75, 3.05) is 0 Å². The molecule has 0 aliphatic rings. The Morgan fingerprint density at radius 2 is 2.36 bits per heavy atom. The van der Waals surface area contributed by atoms with Crippen molar-refractivity contribution in [1.29, 1.82) is 0 Å². The number of carboxylic acid groups (broad SMARTS) is 1. The molecule has 78 valence electrons. The number of hydrogen-bond donors (Lipinski definition) is 1. The molecule has 0 aliphatic heterocycles. The third kappa shape index (κ3) is 2.76. The summed E-state index contributed by atoms with van der Waals surface area (Å²) in [6, 6.07) is 1.27. The molecule has 1 heterocycles. The Balaban J connectivity index is 2.79. The monoisotopic (exact) mass is 268 g/mol. The second-order valence-electron chi connectivity index (χ2n) is 2.56. The number of alkyl halides is 2. The molecule has 1 rings (SSSR count). The van der Waals surface area contributed by atoms with Gasteiger partial charge in [-0.1, -0.05) is 0 Å². The molecule has 0 saturated carbocycles. The molecule has 7 heteroatoms. The van der Waals surface area contributed by atoms with Crippen molar-refractivity contribution >= 4 is 21.9 Å². The van der Waals surface area contributed by atoms with E-state index in [-0.39, 0.29) is 12.2 Å². The molecule has 0 fully saturated rings. The van der Waals surface area contributed by atoms with E-state index < -0.39 is 18.8 Å². The van der Waals surface area contributed by atoms with Crippen LogP contribution < -0.4 is 0 Å². The molecule has 1 aromatic heterocycles. The summed E-state index contributed by atoms with van der Waals surface area (Å²) in [5.74, 6) is -1.18. The average Bonchev–Trinajstić information content (AvgIpc) is 2.43. The Kier molecular flexibility index (Phi) is 3.56. The zero-order valence-corrected chi connectivity index (χ0v) is 8.54. The van der Waals surface area contributed by atoms with E-state index in [0.29, 0.717) is 4.60 Å². The summed E-state index contributed by atoms with van der Waals surface area (Å²) in [5, 5.41) is 12.4. The fourth-order valence-corrected chi connectivity index (χ4v) is 1.36. The van der Waals surface area contributed by atoms with Gasteiger partial charge in [0, 0.05) is 19.0 Å². The second-order valence-corrected chi connectivity index (χ2v) is 3.37. The first kappa shape index (κ1) is 11.1. The van der Waals surface area contributed by atoms with Crippen LogP contribution >= 0.6 is 15.9 Å². The molecule has 0 bridgehead atoms. The summed E-state index contributed by atoms with van der Waals surface area (Å²) in [5.41, 5.74) is -0.0995. The number of nitrogens with zero attached hydrogens (tertiary/aromatic N) is 2. The fourth-order valence-electron chi connectivity index (χ4n) is 0.948. The molecule has 0 amide bonds. The predicted molar refractivity (Wildman–Crippen MR) is 47.5 cm³/mol. The van der Waals surface area contributed by atoms with Crippen LogP contribution in [0.25, 0.3) is 0 Å². The van der Waals surface area contributed by atoms with Crippen molar-refractivity contribution in [3.63, 3.8) is 0 Å². The lowest BCUT2D eigenvalue weighted by Crippen LogP contribution is -2.11. The average molecular weight is 269 g/mol. The summed E-state index contributed by atoms with van der Waals surface area (Å²) < 4.78 is 25.1. The minimum absolute atomic E-state index is 0.0995. The van der Waals surface area contributed by atoms with Crippen molar-refractivity contribution in [3.8, 4) is 0 Å². The molecular formula is C7H7BrF2N2O2. The predicted octanol–water partition coefficient (Wildman–Crippen LogP) is 2.00. The highest BCUT2D eigenvalue weighted by Gasteiger charge is 2.14. The van der Waals surface area contributed by atoms with Gasteiger partial charge in [0.2, 0.25) is 6.43 Å². The van der Waals surface area contributed by atoms with Gasteiger partial charge in [-0.05, 0) is 15.9 Å². The number of halogens is 3. The molecule has 4 nitrogen and oxygen atoms in total. The summed E-state index contributed by atoms with van der Waals surface area (Å²) in [7, 11) is 0. The third-order valence-corrected chi connectivity index (χ3v) is 1.92. The van der Waals surface area contributed by atoms with Crippen LogP contribution in [0, 0.1) is 0 Å². The van der Waals surface area contributed by atoms with Crippen LogP contribution in [0.15, 0.2) is 10.7 Å². The van der Waals surface area contributed by atoms with E-state index in [0.717, 1.165) is 4.68 Å². The molecule has 0 aromatic carbocycles. The van der Waals surface area contributed by atoms with Gasteiger partial charge in [0.15, 0.2) is 0 Å². The molecular weight excluding hydrogens is 262 g/mol. The molecule has 0 atom stereocenters. The Bertz CT molecular complexity index is 340. The van der Waals surface area contributed by atoms with Crippen LogP contribution in [0.2, 0.25) is 0 Å². The Morgan fingerprint density at radius 3 is 2.86 bits per heavy atom. The van der Waals surface area contributed by atoms with Gasteiger partial charge in [-0.3, -0.25) is 4.68 Å². The van der Waals surface area contributed by atoms with Crippen LogP contribution in [0.3, 0.4) is 0 Å². The van der Waals surface area contributed by atoms with E-state index in [1.807, 2.05) is 0 Å². The minimum atomic E-state index is -2.46. The van der Waals surface area contributed by atoms with Gasteiger partial charge in [-0.25, -0.2) is 13.6 Å². The summed E-state index contributed by atoms with van der Waals surface area (Å²) >= 11 is 2.98. The van der Waals surface area contributed by atoms with Gasteiger partial charge in [-0.15, -0.1) is 0 Å². The van der Waals surface area contributed by atoms with E-state index in [4.69, 9.17) is 5.11 Å². The van der Waals surface area contributed by atoms with E-state index in [2.05, 4.69) is 21.0 Å². The molecule has 1 aromatic rings. The SMILES string of the molecule is O=C(O)c1cc(Br)nn1CCC(F)F. The standard InChI is InChI=1S/C7H7BrF2N2O2/c8-5-3-4(7(13)14)12(11-5)2-1-6(9)10/h3,6H,1-2H2,(H,13,14). The molecule has 1 N–H and O–H groups in total. The highest BCUT2D eigenvalue weighted by Crippen LogP contribution is 2.12. The van der Waals surface area contributed by atoms with Crippen molar-refractivity contribution in [3.05, 3.63) is 16.4 Å². The van der Waals surface area contributed by atoms with Gasteiger partial charge in [-0.2, -0.15) is 5.10 Å². The molecule has 0 radical (unpaired) electrons. The number of aromatic nitrogens is 2. The van der Waals surface area contributed by atoms with E-state index in [1.54, 1.807) is 0 Å². The first-order valence-corrected chi connectivity index (χ1v) is 4.55. The van der Waals surface area contributed by atoms with Gasteiger partial charge in [0.25, 0.3) is 0 Å². The van der Waals surface area contributed by atoms with Crippen LogP contribution in [0.4, 0.5) is 8.78 Å². The normalized spacial score (nSPS) is 10.9. The van der Waals surface area contributed by atoms with Gasteiger partial charge in [0.1, 0.15) is 10.3 Å². The zero-order chi connectivity index (χ0) is 10.7. The number of aryl methyl sites for hydroxylation is 1. The van der Waals surface area contributed by atoms with Crippen molar-refractivity contribution in [1.82, 2.24) is 9.78 Å². The fraction of sp³-hybridized carbons (Fsp3) is 0.429. The topological polar surface area (TPSA) is 55.1 Å². The lowest BCUT2D eigenvalue weighted by Gasteiger charge is -2.02. The summed E-state index contributed by atoms with van der Waals surface area (Å²) in [6.45, 7) is -0.106. The summed E-state index contributed by atoms with van der Waals surface area (Å²) in [6.07, 6.45) is -2.87. The second kappa shape index (κ2) is 4.50. The Morgan fingerprint density at radius 1 is 1.71 bits per heavy atom. The van der Waals surface area contributed by atoms with Gasteiger partial charge in [0.05, 0.1) is 0 Å². The minimum Gasteiger partial charge on any atom is -0.477 e. The number of aromatic carboxylic acids is 1. The zero-order valence-electron chi connectivity index (χ0n) is 6.95. The van der Waals surface area contributed by atoms with Gasteiger partial charge < -0.3 is 5.11 Å². The molecule has 0 aliphatic carbocycles. The maximum atomic E-state index is 11.9. The molecule has 0 unspecified atom stereocenters. The van der Waals surface area contributed by atoms with Crippen molar-refractivity contribution in [2.45, 2.75) is 19.4 Å². The van der Waals surface area contributed by atoms with E-state index >= 15 is 0 Å². The van der Waals surface area contributed by atoms with Crippen LogP contribution in [-0.4, -0.2) is 27.3 Å². The lowest BCUT2D eigenvalue weighted by molar-refractivity contribution is 0.0678. The number of hydrogen-bond acceptors (Lipinski definition) is 2. The van der Waals surface area contributed by atoms with E-state index in [9.17, 15) is 13.6 Å². The van der Waals surface area contributed by atoms with Gasteiger partial charge >= 0.3 is 5.97 Å². The van der Waals surface area contributed by atoms with Crippen molar-refractivity contribution < 1.29 is 18.7 Å². The largest absolute Gasteiger partial charge is 0.477 e. The highest BCUT2D eigenvalue weighted by molar-refractivity contribution is 9.10. The first-order chi connectivity index (χ1) is 6.50. The molecule has 0 saturated heterocycles. The van der Waals surface area contributed by atoms with Crippen LogP contribution in [-0.2, 0) is 6.54 Å². The number of carbonyl (C=O) groups is 1. The maximum absolute atomic E-state index is 11.9. The first-order valence-electron chi connectivity index (χ1n) is 3.75. The molecule has 14 heavy (non-hydrogen) atoms. The van der Waals surface area contributed by atoms with Crippen molar-refractivity contribution in [2.24, 2.45) is 0 Å². The molecule has 0 spiro atoms. The smallest absolute Gasteiger partial charge is 0.354 e. The quantitative estimate of drug-likeness (QED) is 0.909. The van der Waals surface area contributed by atoms with Crippen LogP contribution in [0.1, 0.15) is 16.9 Å². The Hall–Kier alpha value is -0.980. The third-order valence-electron chi connectivity index (χ3n) is 1.53. The van der Waals surface area contributed by atoms with Crippen LogP contribution in [0.5, 0.6) is 0 Å².